The lowest BCUT2D eigenvalue weighted by Gasteiger charge is -2.36. The van der Waals surface area contributed by atoms with Gasteiger partial charge < -0.3 is 19.4 Å². The van der Waals surface area contributed by atoms with Gasteiger partial charge in [-0.2, -0.15) is 0 Å². The maximum absolute atomic E-state index is 13.1. The van der Waals surface area contributed by atoms with Crippen LogP contribution in [0, 0.1) is 11.7 Å². The highest BCUT2D eigenvalue weighted by molar-refractivity contribution is 6.00. The van der Waals surface area contributed by atoms with Gasteiger partial charge in [-0.05, 0) is 45.0 Å². The summed E-state index contributed by atoms with van der Waals surface area (Å²) in [6.07, 6.45) is -0.235. The third kappa shape index (κ3) is 4.61. The maximum atomic E-state index is 13.1. The number of carbonyl (C=O) groups excluding carboxylic acids is 3. The van der Waals surface area contributed by atoms with E-state index in [9.17, 15) is 18.8 Å². The Bertz CT molecular complexity index is 752. The highest BCUT2D eigenvalue weighted by Crippen LogP contribution is 2.27. The number of amides is 3. The van der Waals surface area contributed by atoms with Crippen molar-refractivity contribution in [3.05, 3.63) is 30.1 Å². The summed E-state index contributed by atoms with van der Waals surface area (Å²) in [7, 11) is 0. The highest BCUT2D eigenvalue weighted by atomic mass is 19.1. The van der Waals surface area contributed by atoms with Crippen LogP contribution in [0.3, 0.4) is 0 Å². The Labute approximate surface area is 164 Å². The fourth-order valence-electron chi connectivity index (χ4n) is 3.44. The van der Waals surface area contributed by atoms with Crippen LogP contribution < -0.4 is 4.90 Å². The topological polar surface area (TPSA) is 70.2 Å². The normalized spacial score (nSPS) is 20.5. The second kappa shape index (κ2) is 7.77. The molecular weight excluding hydrogens is 365 g/mol. The molecule has 8 heteroatoms. The first kappa shape index (κ1) is 20.1. The van der Waals surface area contributed by atoms with Gasteiger partial charge >= 0.3 is 6.09 Å². The smallest absolute Gasteiger partial charge is 0.410 e. The number of halogens is 1. The molecule has 2 fully saturated rings. The van der Waals surface area contributed by atoms with Crippen molar-refractivity contribution in [3.8, 4) is 0 Å². The van der Waals surface area contributed by atoms with E-state index in [-0.39, 0.29) is 36.7 Å². The highest BCUT2D eigenvalue weighted by Gasteiger charge is 2.38. The molecule has 1 aromatic carbocycles. The Morgan fingerprint density at radius 3 is 2.18 bits per heavy atom. The Balaban J connectivity index is 1.55. The molecule has 0 bridgehead atoms. The van der Waals surface area contributed by atoms with Crippen LogP contribution in [-0.2, 0) is 14.3 Å². The van der Waals surface area contributed by atoms with Crippen molar-refractivity contribution in [2.75, 3.05) is 37.6 Å². The van der Waals surface area contributed by atoms with Gasteiger partial charge in [0.1, 0.15) is 11.4 Å². The Morgan fingerprint density at radius 2 is 1.61 bits per heavy atom. The first-order chi connectivity index (χ1) is 13.1. The second-order valence-corrected chi connectivity index (χ2v) is 8.17. The van der Waals surface area contributed by atoms with E-state index in [1.165, 1.54) is 17.0 Å². The van der Waals surface area contributed by atoms with Gasteiger partial charge in [-0.1, -0.05) is 0 Å². The molecule has 7 nitrogen and oxygen atoms in total. The van der Waals surface area contributed by atoms with E-state index in [0.29, 0.717) is 31.9 Å². The summed E-state index contributed by atoms with van der Waals surface area (Å²) >= 11 is 0. The van der Waals surface area contributed by atoms with E-state index in [1.54, 1.807) is 21.9 Å². The number of ether oxygens (including phenoxy) is 1. The number of carbonyl (C=O) groups is 3. The predicted molar refractivity (Wildman–Crippen MR) is 101 cm³/mol. The van der Waals surface area contributed by atoms with Gasteiger partial charge in [0, 0.05) is 44.8 Å². The molecule has 2 heterocycles. The number of benzene rings is 1. The number of hydrogen-bond acceptors (Lipinski definition) is 4. The monoisotopic (exact) mass is 391 g/mol. The molecule has 3 rings (SSSR count). The lowest BCUT2D eigenvalue weighted by Crippen LogP contribution is -2.53. The molecule has 0 unspecified atom stereocenters. The van der Waals surface area contributed by atoms with E-state index in [2.05, 4.69) is 0 Å². The zero-order valence-electron chi connectivity index (χ0n) is 16.5. The molecule has 2 saturated heterocycles. The maximum Gasteiger partial charge on any atom is 0.410 e. The van der Waals surface area contributed by atoms with Gasteiger partial charge in [0.05, 0.1) is 5.92 Å². The van der Waals surface area contributed by atoms with Gasteiger partial charge in [-0.3, -0.25) is 9.59 Å². The van der Waals surface area contributed by atoms with Crippen molar-refractivity contribution in [1.29, 1.82) is 0 Å². The minimum absolute atomic E-state index is 0.0817. The van der Waals surface area contributed by atoms with E-state index in [1.807, 2.05) is 20.8 Å². The van der Waals surface area contributed by atoms with Crippen molar-refractivity contribution in [2.24, 2.45) is 5.92 Å². The zero-order chi connectivity index (χ0) is 20.5. The van der Waals surface area contributed by atoms with Crippen molar-refractivity contribution in [3.63, 3.8) is 0 Å². The molecule has 28 heavy (non-hydrogen) atoms. The Hall–Kier alpha value is -2.64. The van der Waals surface area contributed by atoms with Gasteiger partial charge in [0.2, 0.25) is 11.8 Å². The van der Waals surface area contributed by atoms with Crippen LogP contribution >= 0.6 is 0 Å². The number of anilines is 1. The molecule has 0 spiro atoms. The van der Waals surface area contributed by atoms with E-state index < -0.39 is 11.5 Å². The molecule has 1 aromatic rings. The standard InChI is InChI=1S/C20H26FN3O4/c1-20(2,3)28-19(27)23-10-8-22(9-11-23)18(26)14-12-17(25)24(13-14)16-6-4-15(21)5-7-16/h4-7,14H,8-13H2,1-3H3/t14-/m0/s1. The van der Waals surface area contributed by atoms with E-state index in [0.717, 1.165) is 0 Å². The van der Waals surface area contributed by atoms with Crippen LogP contribution in [0.1, 0.15) is 27.2 Å². The lowest BCUT2D eigenvalue weighted by molar-refractivity contribution is -0.137. The molecule has 3 amide bonds. The number of nitrogens with zero attached hydrogens (tertiary/aromatic N) is 3. The summed E-state index contributed by atoms with van der Waals surface area (Å²) in [5.41, 5.74) is 0.0364. The third-order valence-electron chi connectivity index (χ3n) is 4.86. The fraction of sp³-hybridized carbons (Fsp3) is 0.550. The summed E-state index contributed by atoms with van der Waals surface area (Å²) in [5, 5.41) is 0. The third-order valence-corrected chi connectivity index (χ3v) is 4.86. The summed E-state index contributed by atoms with van der Waals surface area (Å²) in [4.78, 5) is 42.1. The molecule has 1 atom stereocenters. The van der Waals surface area contributed by atoms with Gasteiger partial charge in [0.15, 0.2) is 0 Å². The van der Waals surface area contributed by atoms with Crippen LogP contribution in [0.4, 0.5) is 14.9 Å². The second-order valence-electron chi connectivity index (χ2n) is 8.17. The average Bonchev–Trinajstić information content (AvgIpc) is 3.02. The van der Waals surface area contributed by atoms with Crippen LogP contribution in [0.25, 0.3) is 0 Å². The van der Waals surface area contributed by atoms with Gasteiger partial charge in [0.25, 0.3) is 0 Å². The molecule has 0 aromatic heterocycles. The first-order valence-corrected chi connectivity index (χ1v) is 9.47. The summed E-state index contributed by atoms with van der Waals surface area (Å²) in [5.74, 6) is -1.02. The van der Waals surface area contributed by atoms with Crippen molar-refractivity contribution in [2.45, 2.75) is 32.8 Å². The molecule has 0 N–H and O–H groups in total. The summed E-state index contributed by atoms with van der Waals surface area (Å²) in [6, 6.07) is 5.68. The van der Waals surface area contributed by atoms with Crippen LogP contribution in [0.5, 0.6) is 0 Å². The number of hydrogen-bond donors (Lipinski definition) is 0. The van der Waals surface area contributed by atoms with Crippen LogP contribution in [0.2, 0.25) is 0 Å². The molecule has 2 aliphatic rings. The largest absolute Gasteiger partial charge is 0.444 e. The zero-order valence-corrected chi connectivity index (χ0v) is 16.5. The fourth-order valence-corrected chi connectivity index (χ4v) is 3.44. The SMILES string of the molecule is CC(C)(C)OC(=O)N1CCN(C(=O)[C@H]2CC(=O)N(c3ccc(F)cc3)C2)CC1. The van der Waals surface area contributed by atoms with Crippen molar-refractivity contribution < 1.29 is 23.5 Å². The number of piperazine rings is 1. The molecule has 0 saturated carbocycles. The van der Waals surface area contributed by atoms with Crippen LogP contribution in [-0.4, -0.2) is 66.0 Å². The van der Waals surface area contributed by atoms with E-state index in [4.69, 9.17) is 4.74 Å². The average molecular weight is 391 g/mol. The Kier molecular flexibility index (Phi) is 5.58. The quantitative estimate of drug-likeness (QED) is 0.775. The minimum Gasteiger partial charge on any atom is -0.444 e. The molecule has 2 aliphatic heterocycles. The summed E-state index contributed by atoms with van der Waals surface area (Å²) in [6.45, 7) is 7.37. The summed E-state index contributed by atoms with van der Waals surface area (Å²) < 4.78 is 18.5. The lowest BCUT2D eigenvalue weighted by atomic mass is 10.1. The molecule has 0 aliphatic carbocycles. The first-order valence-electron chi connectivity index (χ1n) is 9.47. The van der Waals surface area contributed by atoms with Gasteiger partial charge in [-0.15, -0.1) is 0 Å². The predicted octanol–water partition coefficient (Wildman–Crippen LogP) is 2.26. The van der Waals surface area contributed by atoms with Gasteiger partial charge in [-0.25, -0.2) is 9.18 Å². The molecular formula is C20H26FN3O4. The van der Waals surface area contributed by atoms with E-state index >= 15 is 0 Å². The number of rotatable bonds is 2. The van der Waals surface area contributed by atoms with Crippen molar-refractivity contribution >= 4 is 23.6 Å². The van der Waals surface area contributed by atoms with Crippen LogP contribution in [0.15, 0.2) is 24.3 Å². The molecule has 152 valence electrons. The Morgan fingerprint density at radius 1 is 1.04 bits per heavy atom. The van der Waals surface area contributed by atoms with Crippen molar-refractivity contribution in [1.82, 2.24) is 9.80 Å². The minimum atomic E-state index is -0.557. The molecule has 0 radical (unpaired) electrons.